The van der Waals surface area contributed by atoms with E-state index in [4.69, 9.17) is 9.84 Å². The molecule has 64 valence electrons. The second-order valence-corrected chi connectivity index (χ2v) is 4.05. The van der Waals surface area contributed by atoms with Crippen LogP contribution in [0, 0.1) is 5.92 Å². The molecule has 2 bridgehead atoms. The molecule has 1 atom stereocenters. The number of fused-ring (bicyclic) bond motifs is 2. The van der Waals surface area contributed by atoms with Crippen LogP contribution >= 0.6 is 0 Å². The molecule has 0 amide bonds. The van der Waals surface area contributed by atoms with Gasteiger partial charge in [0.15, 0.2) is 6.29 Å². The minimum atomic E-state index is -0.577. The summed E-state index contributed by atoms with van der Waals surface area (Å²) in [4.78, 5) is 0. The Morgan fingerprint density at radius 3 is 2.45 bits per heavy atom. The van der Waals surface area contributed by atoms with Crippen molar-refractivity contribution < 1.29 is 9.84 Å². The Morgan fingerprint density at radius 1 is 1.45 bits per heavy atom. The Hall–Kier alpha value is -0.0800. The van der Waals surface area contributed by atoms with Gasteiger partial charge in [-0.3, -0.25) is 0 Å². The lowest BCUT2D eigenvalue weighted by Gasteiger charge is -2.28. The minimum Gasteiger partial charge on any atom is -0.368 e. The van der Waals surface area contributed by atoms with Gasteiger partial charge < -0.3 is 9.84 Å². The van der Waals surface area contributed by atoms with Crippen LogP contribution in [0.15, 0.2) is 0 Å². The number of hydrogen-bond acceptors (Lipinski definition) is 2. The van der Waals surface area contributed by atoms with Gasteiger partial charge in [0.2, 0.25) is 0 Å². The van der Waals surface area contributed by atoms with E-state index in [2.05, 4.69) is 0 Å². The highest BCUT2D eigenvalue weighted by atomic mass is 16.6. The first-order chi connectivity index (χ1) is 5.20. The van der Waals surface area contributed by atoms with E-state index in [1.165, 1.54) is 32.1 Å². The molecule has 0 saturated heterocycles. The van der Waals surface area contributed by atoms with Crippen molar-refractivity contribution in [1.82, 2.24) is 0 Å². The van der Waals surface area contributed by atoms with Gasteiger partial charge in [0.05, 0.1) is 5.60 Å². The summed E-state index contributed by atoms with van der Waals surface area (Å²) in [6, 6.07) is 0. The van der Waals surface area contributed by atoms with Crippen LogP contribution in [0.1, 0.15) is 39.0 Å². The standard InChI is InChI=1S/C9H16O2/c1-7(10)11-9-4-2-8(6-9)3-5-9/h7-8,10H,2-6H2,1H3. The van der Waals surface area contributed by atoms with Crippen molar-refractivity contribution in [2.75, 3.05) is 0 Å². The van der Waals surface area contributed by atoms with Gasteiger partial charge >= 0.3 is 0 Å². The first-order valence-electron chi connectivity index (χ1n) is 4.56. The average Bonchev–Trinajstić information content (AvgIpc) is 2.43. The molecule has 2 saturated carbocycles. The van der Waals surface area contributed by atoms with Crippen LogP contribution in [-0.2, 0) is 4.74 Å². The average molecular weight is 156 g/mol. The molecule has 0 spiro atoms. The molecule has 0 aliphatic heterocycles. The lowest BCUT2D eigenvalue weighted by molar-refractivity contribution is -0.171. The monoisotopic (exact) mass is 156 g/mol. The maximum absolute atomic E-state index is 9.11. The molecule has 0 heterocycles. The van der Waals surface area contributed by atoms with Crippen molar-refractivity contribution in [3.8, 4) is 0 Å². The zero-order valence-corrected chi connectivity index (χ0v) is 7.05. The van der Waals surface area contributed by atoms with Crippen molar-refractivity contribution in [2.24, 2.45) is 5.92 Å². The minimum absolute atomic E-state index is 0.0822. The predicted molar refractivity (Wildman–Crippen MR) is 42.1 cm³/mol. The van der Waals surface area contributed by atoms with E-state index in [1.807, 2.05) is 0 Å². The molecular formula is C9H16O2. The van der Waals surface area contributed by atoms with Crippen LogP contribution in [0.4, 0.5) is 0 Å². The molecule has 2 aliphatic rings. The molecule has 2 rings (SSSR count). The summed E-state index contributed by atoms with van der Waals surface area (Å²) >= 11 is 0. The fourth-order valence-corrected chi connectivity index (χ4v) is 2.67. The maximum Gasteiger partial charge on any atom is 0.152 e. The smallest absolute Gasteiger partial charge is 0.152 e. The van der Waals surface area contributed by atoms with Gasteiger partial charge in [-0.1, -0.05) is 0 Å². The third kappa shape index (κ3) is 1.30. The van der Waals surface area contributed by atoms with Crippen molar-refractivity contribution >= 4 is 0 Å². The first kappa shape index (κ1) is 7.56. The highest BCUT2D eigenvalue weighted by molar-refractivity contribution is 4.97. The molecule has 11 heavy (non-hydrogen) atoms. The lowest BCUT2D eigenvalue weighted by atomic mass is 9.97. The van der Waals surface area contributed by atoms with E-state index >= 15 is 0 Å². The Balaban J connectivity index is 1.99. The second kappa shape index (κ2) is 2.46. The quantitative estimate of drug-likeness (QED) is 0.616. The van der Waals surface area contributed by atoms with Gasteiger partial charge in [-0.25, -0.2) is 0 Å². The fraction of sp³-hybridized carbons (Fsp3) is 1.00. The molecule has 0 aromatic rings. The summed E-state index contributed by atoms with van der Waals surface area (Å²) in [5.74, 6) is 0.897. The predicted octanol–water partition coefficient (Wildman–Crippen LogP) is 1.67. The van der Waals surface area contributed by atoms with Crippen LogP contribution in [0.2, 0.25) is 0 Å². The molecule has 2 nitrogen and oxygen atoms in total. The number of ether oxygens (including phenoxy) is 1. The highest BCUT2D eigenvalue weighted by Gasteiger charge is 2.46. The topological polar surface area (TPSA) is 29.5 Å². The Bertz CT molecular complexity index is 146. The molecule has 1 unspecified atom stereocenters. The van der Waals surface area contributed by atoms with Crippen molar-refractivity contribution in [1.29, 1.82) is 0 Å². The van der Waals surface area contributed by atoms with Crippen LogP contribution in [0.25, 0.3) is 0 Å². The number of hydrogen-bond donors (Lipinski definition) is 1. The molecule has 2 heteroatoms. The SMILES string of the molecule is CC(O)OC12CCC(CC1)C2. The summed E-state index contributed by atoms with van der Waals surface area (Å²) < 4.78 is 5.55. The van der Waals surface area contributed by atoms with E-state index in [0.717, 1.165) is 5.92 Å². The van der Waals surface area contributed by atoms with Gasteiger partial charge in [0.25, 0.3) is 0 Å². The van der Waals surface area contributed by atoms with E-state index in [9.17, 15) is 0 Å². The van der Waals surface area contributed by atoms with Crippen LogP contribution in [-0.4, -0.2) is 17.0 Å². The Kier molecular flexibility index (Phi) is 1.69. The third-order valence-electron chi connectivity index (χ3n) is 3.10. The summed E-state index contributed by atoms with van der Waals surface area (Å²) in [7, 11) is 0. The lowest BCUT2D eigenvalue weighted by Crippen LogP contribution is -2.30. The fourth-order valence-electron chi connectivity index (χ4n) is 2.67. The van der Waals surface area contributed by atoms with Gasteiger partial charge in [-0.15, -0.1) is 0 Å². The summed E-state index contributed by atoms with van der Waals surface area (Å²) in [6.45, 7) is 1.71. The van der Waals surface area contributed by atoms with E-state index in [-0.39, 0.29) is 5.60 Å². The molecular weight excluding hydrogens is 140 g/mol. The normalized spacial score (nSPS) is 44.7. The highest BCUT2D eigenvalue weighted by Crippen LogP contribution is 2.50. The number of aliphatic hydroxyl groups is 1. The summed E-state index contributed by atoms with van der Waals surface area (Å²) in [5, 5.41) is 9.11. The third-order valence-corrected chi connectivity index (χ3v) is 3.10. The van der Waals surface area contributed by atoms with E-state index < -0.39 is 6.29 Å². The van der Waals surface area contributed by atoms with Gasteiger partial charge in [0.1, 0.15) is 0 Å². The van der Waals surface area contributed by atoms with Gasteiger partial charge in [-0.05, 0) is 44.9 Å². The van der Waals surface area contributed by atoms with Gasteiger partial charge in [-0.2, -0.15) is 0 Å². The molecule has 2 aliphatic carbocycles. The zero-order chi connectivity index (χ0) is 7.90. The van der Waals surface area contributed by atoms with Crippen molar-refractivity contribution in [3.63, 3.8) is 0 Å². The Labute approximate surface area is 67.6 Å². The number of rotatable bonds is 2. The molecule has 2 fully saturated rings. The van der Waals surface area contributed by atoms with Crippen molar-refractivity contribution in [3.05, 3.63) is 0 Å². The zero-order valence-electron chi connectivity index (χ0n) is 7.05. The van der Waals surface area contributed by atoms with Crippen LogP contribution < -0.4 is 0 Å². The number of aliphatic hydroxyl groups excluding tert-OH is 1. The van der Waals surface area contributed by atoms with Gasteiger partial charge in [0, 0.05) is 0 Å². The van der Waals surface area contributed by atoms with Crippen LogP contribution in [0.5, 0.6) is 0 Å². The molecule has 0 aromatic heterocycles. The maximum atomic E-state index is 9.11. The Morgan fingerprint density at radius 2 is 2.09 bits per heavy atom. The largest absolute Gasteiger partial charge is 0.368 e. The first-order valence-corrected chi connectivity index (χ1v) is 4.56. The summed E-state index contributed by atoms with van der Waals surface area (Å²) in [6.07, 6.45) is 5.58. The summed E-state index contributed by atoms with van der Waals surface area (Å²) in [5.41, 5.74) is 0.0822. The second-order valence-electron chi connectivity index (χ2n) is 4.05. The molecule has 0 radical (unpaired) electrons. The van der Waals surface area contributed by atoms with E-state index in [1.54, 1.807) is 6.92 Å². The van der Waals surface area contributed by atoms with Crippen LogP contribution in [0.3, 0.4) is 0 Å². The van der Waals surface area contributed by atoms with Crippen molar-refractivity contribution in [2.45, 2.75) is 50.9 Å². The molecule has 0 aromatic carbocycles. The molecule has 1 N–H and O–H groups in total. The van der Waals surface area contributed by atoms with E-state index in [0.29, 0.717) is 0 Å².